The first-order chi connectivity index (χ1) is 15.6. The van der Waals surface area contributed by atoms with Gasteiger partial charge in [0.15, 0.2) is 0 Å². The molecule has 33 heavy (non-hydrogen) atoms. The molecule has 0 saturated heterocycles. The van der Waals surface area contributed by atoms with E-state index in [-0.39, 0.29) is 19.0 Å². The van der Waals surface area contributed by atoms with E-state index in [1.54, 1.807) is 12.1 Å². The van der Waals surface area contributed by atoms with Gasteiger partial charge in [-0.3, -0.25) is 13.9 Å². The molecule has 1 N–H and O–H groups in total. The van der Waals surface area contributed by atoms with Gasteiger partial charge in [-0.2, -0.15) is 0 Å². The highest BCUT2D eigenvalue weighted by atomic mass is 32.2. The quantitative estimate of drug-likeness (QED) is 0.542. The third-order valence-corrected chi connectivity index (χ3v) is 6.78. The van der Waals surface area contributed by atoms with Crippen LogP contribution in [0.25, 0.3) is 0 Å². The van der Waals surface area contributed by atoms with Crippen LogP contribution >= 0.6 is 0 Å². The molecule has 2 aromatic rings. The molecular formula is C25H35N3O4S. The molecule has 0 heterocycles. The van der Waals surface area contributed by atoms with E-state index < -0.39 is 22.0 Å². The van der Waals surface area contributed by atoms with Gasteiger partial charge in [0.05, 0.1) is 11.9 Å². The van der Waals surface area contributed by atoms with Crippen LogP contribution in [0.15, 0.2) is 48.5 Å². The number of rotatable bonds is 11. The average Bonchev–Trinajstić information content (AvgIpc) is 2.77. The first-order valence-corrected chi connectivity index (χ1v) is 13.1. The molecule has 8 heteroatoms. The summed E-state index contributed by atoms with van der Waals surface area (Å²) in [4.78, 5) is 28.0. The highest BCUT2D eigenvalue weighted by Crippen LogP contribution is 2.25. The number of carbonyl (C=O) groups is 2. The zero-order valence-corrected chi connectivity index (χ0v) is 21.0. The van der Waals surface area contributed by atoms with Gasteiger partial charge in [-0.05, 0) is 49.4 Å². The molecule has 0 aliphatic carbocycles. The number of benzene rings is 2. The van der Waals surface area contributed by atoms with Crippen molar-refractivity contribution >= 4 is 27.5 Å². The minimum atomic E-state index is -3.74. The molecule has 0 aliphatic rings. The summed E-state index contributed by atoms with van der Waals surface area (Å²) in [6.45, 7) is 7.88. The summed E-state index contributed by atoms with van der Waals surface area (Å²) in [5.74, 6) is -0.662. The first-order valence-electron chi connectivity index (χ1n) is 11.2. The normalized spacial score (nSPS) is 12.2. The number of hydrogen-bond acceptors (Lipinski definition) is 4. The van der Waals surface area contributed by atoms with Crippen LogP contribution in [0.1, 0.15) is 43.4 Å². The predicted molar refractivity (Wildman–Crippen MR) is 132 cm³/mol. The van der Waals surface area contributed by atoms with Gasteiger partial charge in [0.1, 0.15) is 12.6 Å². The topological polar surface area (TPSA) is 86.8 Å². The third kappa shape index (κ3) is 7.05. The minimum Gasteiger partial charge on any atom is -0.354 e. The van der Waals surface area contributed by atoms with Crippen molar-refractivity contribution in [2.45, 2.75) is 53.1 Å². The molecule has 2 rings (SSSR count). The van der Waals surface area contributed by atoms with Crippen LogP contribution in [-0.4, -0.2) is 50.5 Å². The maximum atomic E-state index is 13.6. The van der Waals surface area contributed by atoms with E-state index >= 15 is 0 Å². The van der Waals surface area contributed by atoms with Gasteiger partial charge in [0.2, 0.25) is 21.8 Å². The van der Waals surface area contributed by atoms with Crippen LogP contribution in [-0.2, 0) is 26.2 Å². The van der Waals surface area contributed by atoms with E-state index in [2.05, 4.69) is 5.32 Å². The van der Waals surface area contributed by atoms with E-state index in [1.807, 2.05) is 64.1 Å². The van der Waals surface area contributed by atoms with E-state index in [4.69, 9.17) is 0 Å². The second kappa shape index (κ2) is 11.8. The summed E-state index contributed by atoms with van der Waals surface area (Å²) in [5, 5.41) is 2.87. The number of sulfonamides is 1. The van der Waals surface area contributed by atoms with E-state index in [1.165, 1.54) is 4.90 Å². The molecule has 1 atom stereocenters. The Balaban J connectivity index is 2.44. The van der Waals surface area contributed by atoms with Crippen LogP contribution in [0.2, 0.25) is 0 Å². The molecule has 0 spiro atoms. The van der Waals surface area contributed by atoms with Crippen LogP contribution in [0.3, 0.4) is 0 Å². The molecule has 7 nitrogen and oxygen atoms in total. The first kappa shape index (κ1) is 26.4. The molecule has 0 unspecified atom stereocenters. The van der Waals surface area contributed by atoms with Crippen molar-refractivity contribution in [2.24, 2.45) is 0 Å². The monoisotopic (exact) mass is 473 g/mol. The minimum absolute atomic E-state index is 0.210. The van der Waals surface area contributed by atoms with Gasteiger partial charge in [0, 0.05) is 13.1 Å². The number of anilines is 1. The fraction of sp³-hybridized carbons (Fsp3) is 0.440. The fourth-order valence-corrected chi connectivity index (χ4v) is 4.57. The van der Waals surface area contributed by atoms with Gasteiger partial charge < -0.3 is 10.2 Å². The number of nitrogens with zero attached hydrogens (tertiary/aromatic N) is 2. The summed E-state index contributed by atoms with van der Waals surface area (Å²) in [6.07, 6.45) is 2.29. The summed E-state index contributed by atoms with van der Waals surface area (Å²) in [6, 6.07) is 14.1. The maximum Gasteiger partial charge on any atom is 0.244 e. The Morgan fingerprint density at radius 3 is 2.24 bits per heavy atom. The number of carbonyl (C=O) groups excluding carboxylic acids is 2. The molecule has 0 saturated carbocycles. The molecule has 0 fully saturated rings. The Kier molecular flexibility index (Phi) is 9.46. The Morgan fingerprint density at radius 1 is 1.00 bits per heavy atom. The number of hydrogen-bond donors (Lipinski definition) is 1. The van der Waals surface area contributed by atoms with E-state index in [9.17, 15) is 18.0 Å². The van der Waals surface area contributed by atoms with Crippen molar-refractivity contribution in [3.8, 4) is 0 Å². The van der Waals surface area contributed by atoms with Crippen molar-refractivity contribution in [3.05, 3.63) is 65.2 Å². The van der Waals surface area contributed by atoms with Crippen molar-refractivity contribution < 1.29 is 18.0 Å². The molecule has 0 bridgehead atoms. The third-order valence-electron chi connectivity index (χ3n) is 5.65. The number of nitrogens with one attached hydrogen (secondary N) is 1. The van der Waals surface area contributed by atoms with Crippen molar-refractivity contribution in [3.63, 3.8) is 0 Å². The summed E-state index contributed by atoms with van der Waals surface area (Å²) < 4.78 is 26.5. The second-order valence-electron chi connectivity index (χ2n) is 8.21. The van der Waals surface area contributed by atoms with Gasteiger partial charge in [-0.1, -0.05) is 56.3 Å². The SMILES string of the molecule is CCCNC(=O)[C@H](CC)N(Cc1ccccc1)C(=O)CN(c1cccc(C)c1C)S(C)(=O)=O. The lowest BCUT2D eigenvalue weighted by Crippen LogP contribution is -2.52. The maximum absolute atomic E-state index is 13.6. The van der Waals surface area contributed by atoms with Crippen molar-refractivity contribution in [2.75, 3.05) is 23.7 Å². The highest BCUT2D eigenvalue weighted by Gasteiger charge is 2.32. The standard InChI is InChI=1S/C25H35N3O4S/c1-6-16-26-25(30)22(7-2)27(17-21-13-9-8-10-14-21)24(29)18-28(33(5,31)32)23-15-11-12-19(3)20(23)4/h8-15,22H,6-7,16-18H2,1-5H3,(H,26,30)/t22-/m0/s1. The fourth-order valence-electron chi connectivity index (χ4n) is 3.67. The highest BCUT2D eigenvalue weighted by molar-refractivity contribution is 7.92. The van der Waals surface area contributed by atoms with Crippen LogP contribution in [0.5, 0.6) is 0 Å². The lowest BCUT2D eigenvalue weighted by molar-refractivity contribution is -0.140. The molecule has 0 aromatic heterocycles. The summed E-state index contributed by atoms with van der Waals surface area (Å²) in [7, 11) is -3.74. The predicted octanol–water partition coefficient (Wildman–Crippen LogP) is 3.40. The van der Waals surface area contributed by atoms with E-state index in [0.29, 0.717) is 18.7 Å². The molecular weight excluding hydrogens is 438 g/mol. The average molecular weight is 474 g/mol. The Morgan fingerprint density at radius 2 is 1.67 bits per heavy atom. The molecule has 2 amide bonds. The van der Waals surface area contributed by atoms with Gasteiger partial charge in [-0.15, -0.1) is 0 Å². The van der Waals surface area contributed by atoms with Crippen LogP contribution in [0, 0.1) is 13.8 Å². The molecule has 0 aliphatic heterocycles. The number of aryl methyl sites for hydroxylation is 1. The largest absolute Gasteiger partial charge is 0.354 e. The van der Waals surface area contributed by atoms with E-state index in [0.717, 1.165) is 33.7 Å². The Bertz CT molecular complexity index is 1050. The van der Waals surface area contributed by atoms with Gasteiger partial charge in [-0.25, -0.2) is 8.42 Å². The Labute approximate surface area is 197 Å². The summed E-state index contributed by atoms with van der Waals surface area (Å²) in [5.41, 5.74) is 3.05. The number of amides is 2. The summed E-state index contributed by atoms with van der Waals surface area (Å²) >= 11 is 0. The second-order valence-corrected chi connectivity index (χ2v) is 10.1. The zero-order valence-electron chi connectivity index (χ0n) is 20.2. The molecule has 180 valence electrons. The van der Waals surface area contributed by atoms with Crippen LogP contribution in [0.4, 0.5) is 5.69 Å². The molecule has 0 radical (unpaired) electrons. The lowest BCUT2D eigenvalue weighted by atomic mass is 10.1. The smallest absolute Gasteiger partial charge is 0.244 e. The van der Waals surface area contributed by atoms with Crippen molar-refractivity contribution in [1.82, 2.24) is 10.2 Å². The zero-order chi connectivity index (χ0) is 24.6. The van der Waals surface area contributed by atoms with Crippen LogP contribution < -0.4 is 9.62 Å². The van der Waals surface area contributed by atoms with Gasteiger partial charge in [0.25, 0.3) is 0 Å². The van der Waals surface area contributed by atoms with Crippen molar-refractivity contribution in [1.29, 1.82) is 0 Å². The van der Waals surface area contributed by atoms with Gasteiger partial charge >= 0.3 is 0 Å². The molecule has 2 aromatic carbocycles. The Hall–Kier alpha value is -2.87. The lowest BCUT2D eigenvalue weighted by Gasteiger charge is -2.33.